The van der Waals surface area contributed by atoms with E-state index in [0.717, 1.165) is 25.8 Å². The average molecular weight is 269 g/mol. The topological polar surface area (TPSA) is 37.8 Å². The summed E-state index contributed by atoms with van der Waals surface area (Å²) in [6.45, 7) is 5.32. The highest BCUT2D eigenvalue weighted by Gasteiger charge is 2.11. The molecule has 0 amide bonds. The number of hydrogen-bond acceptors (Lipinski definition) is 3. The Hall–Kier alpha value is -1.74. The van der Waals surface area contributed by atoms with E-state index in [-0.39, 0.29) is 0 Å². The maximum atomic E-state index is 4.32. The van der Waals surface area contributed by atoms with Crippen LogP contribution in [0, 0.1) is 6.92 Å². The van der Waals surface area contributed by atoms with Crippen LogP contribution in [0.1, 0.15) is 42.5 Å². The van der Waals surface area contributed by atoms with Crippen LogP contribution in [0.5, 0.6) is 0 Å². The Labute approximate surface area is 121 Å². The molecule has 2 aromatic heterocycles. The molecule has 2 aromatic rings. The van der Waals surface area contributed by atoms with Crippen molar-refractivity contribution < 1.29 is 0 Å². The zero-order chi connectivity index (χ0) is 14.2. The molecule has 0 aliphatic carbocycles. The fraction of sp³-hybridized carbons (Fsp3) is 0.412. The molecule has 2 rings (SSSR count). The van der Waals surface area contributed by atoms with Gasteiger partial charge in [0.2, 0.25) is 0 Å². The molecule has 0 aliphatic rings. The standard InChI is InChI=1S/C17H23N3/c1-3-8-20-17(16-10-14(2)11-19-13-16)7-6-15-5-4-9-18-12-15/h4-5,9-13,17,20H,3,6-8H2,1-2H3. The number of aryl methyl sites for hydroxylation is 2. The van der Waals surface area contributed by atoms with E-state index in [9.17, 15) is 0 Å². The summed E-state index contributed by atoms with van der Waals surface area (Å²) in [7, 11) is 0. The molecule has 0 bridgehead atoms. The van der Waals surface area contributed by atoms with Crippen molar-refractivity contribution in [2.45, 2.75) is 39.2 Å². The number of nitrogens with zero attached hydrogens (tertiary/aromatic N) is 2. The third kappa shape index (κ3) is 4.42. The SMILES string of the molecule is CCCNC(CCc1cccnc1)c1cncc(C)c1. The monoisotopic (exact) mass is 269 g/mol. The highest BCUT2D eigenvalue weighted by molar-refractivity contribution is 5.21. The first-order valence-corrected chi connectivity index (χ1v) is 7.33. The van der Waals surface area contributed by atoms with Gasteiger partial charge in [-0.1, -0.05) is 19.1 Å². The van der Waals surface area contributed by atoms with Crippen LogP contribution in [0.2, 0.25) is 0 Å². The van der Waals surface area contributed by atoms with Crippen LogP contribution >= 0.6 is 0 Å². The predicted molar refractivity (Wildman–Crippen MR) is 82.6 cm³/mol. The molecule has 0 spiro atoms. The van der Waals surface area contributed by atoms with E-state index in [1.165, 1.54) is 16.7 Å². The van der Waals surface area contributed by atoms with Crippen molar-refractivity contribution in [1.82, 2.24) is 15.3 Å². The van der Waals surface area contributed by atoms with Gasteiger partial charge in [-0.05, 0) is 55.5 Å². The first kappa shape index (κ1) is 14.7. The Morgan fingerprint density at radius 2 is 2.10 bits per heavy atom. The summed E-state index contributed by atoms with van der Waals surface area (Å²) in [6.07, 6.45) is 10.9. The number of aromatic nitrogens is 2. The molecular weight excluding hydrogens is 246 g/mol. The average Bonchev–Trinajstić information content (AvgIpc) is 2.48. The van der Waals surface area contributed by atoms with Crippen molar-refractivity contribution in [2.75, 3.05) is 6.54 Å². The first-order chi connectivity index (χ1) is 9.79. The van der Waals surface area contributed by atoms with E-state index in [0.29, 0.717) is 6.04 Å². The predicted octanol–water partition coefficient (Wildman–Crippen LogP) is 3.46. The van der Waals surface area contributed by atoms with E-state index >= 15 is 0 Å². The molecule has 0 saturated carbocycles. The zero-order valence-electron chi connectivity index (χ0n) is 12.3. The molecule has 1 unspecified atom stereocenters. The van der Waals surface area contributed by atoms with E-state index in [4.69, 9.17) is 0 Å². The van der Waals surface area contributed by atoms with Gasteiger partial charge in [0, 0.05) is 30.8 Å². The van der Waals surface area contributed by atoms with Gasteiger partial charge in [-0.25, -0.2) is 0 Å². The van der Waals surface area contributed by atoms with Crippen LogP contribution in [0.3, 0.4) is 0 Å². The third-order valence-corrected chi connectivity index (χ3v) is 3.38. The van der Waals surface area contributed by atoms with Crippen molar-refractivity contribution in [3.05, 3.63) is 59.7 Å². The molecule has 0 aromatic carbocycles. The Balaban J connectivity index is 2.03. The summed E-state index contributed by atoms with van der Waals surface area (Å²) in [5.41, 5.74) is 3.78. The van der Waals surface area contributed by atoms with Crippen LogP contribution in [-0.4, -0.2) is 16.5 Å². The molecule has 1 atom stereocenters. The van der Waals surface area contributed by atoms with Crippen molar-refractivity contribution >= 4 is 0 Å². The lowest BCUT2D eigenvalue weighted by atomic mass is 10.00. The number of pyridine rings is 2. The largest absolute Gasteiger partial charge is 0.310 e. The van der Waals surface area contributed by atoms with Gasteiger partial charge in [-0.15, -0.1) is 0 Å². The Bertz CT molecular complexity index is 511. The van der Waals surface area contributed by atoms with Gasteiger partial charge in [-0.2, -0.15) is 0 Å². The normalized spacial score (nSPS) is 12.3. The Morgan fingerprint density at radius 3 is 2.80 bits per heavy atom. The molecule has 1 N–H and O–H groups in total. The second-order valence-corrected chi connectivity index (χ2v) is 5.20. The highest BCUT2D eigenvalue weighted by Crippen LogP contribution is 2.19. The molecule has 0 radical (unpaired) electrons. The minimum absolute atomic E-state index is 0.363. The molecule has 0 saturated heterocycles. The summed E-state index contributed by atoms with van der Waals surface area (Å²) in [5, 5.41) is 3.62. The Morgan fingerprint density at radius 1 is 1.20 bits per heavy atom. The lowest BCUT2D eigenvalue weighted by Crippen LogP contribution is -2.23. The molecular formula is C17H23N3. The van der Waals surface area contributed by atoms with E-state index < -0.39 is 0 Å². The summed E-state index contributed by atoms with van der Waals surface area (Å²) in [6, 6.07) is 6.72. The van der Waals surface area contributed by atoms with E-state index in [2.05, 4.69) is 41.3 Å². The van der Waals surface area contributed by atoms with Gasteiger partial charge in [-0.3, -0.25) is 9.97 Å². The third-order valence-electron chi connectivity index (χ3n) is 3.38. The quantitative estimate of drug-likeness (QED) is 0.836. The van der Waals surface area contributed by atoms with Gasteiger partial charge in [0.25, 0.3) is 0 Å². The molecule has 106 valence electrons. The van der Waals surface area contributed by atoms with Crippen LogP contribution in [0.25, 0.3) is 0 Å². The van der Waals surface area contributed by atoms with Crippen LogP contribution in [0.4, 0.5) is 0 Å². The highest BCUT2D eigenvalue weighted by atomic mass is 14.9. The molecule has 2 heterocycles. The van der Waals surface area contributed by atoms with Gasteiger partial charge in [0.1, 0.15) is 0 Å². The van der Waals surface area contributed by atoms with Crippen molar-refractivity contribution in [3.63, 3.8) is 0 Å². The molecule has 0 aliphatic heterocycles. The van der Waals surface area contributed by atoms with Gasteiger partial charge >= 0.3 is 0 Å². The fourth-order valence-electron chi connectivity index (χ4n) is 2.33. The number of rotatable bonds is 7. The lowest BCUT2D eigenvalue weighted by molar-refractivity contribution is 0.497. The molecule has 0 fully saturated rings. The van der Waals surface area contributed by atoms with E-state index in [1.54, 1.807) is 0 Å². The molecule has 3 nitrogen and oxygen atoms in total. The smallest absolute Gasteiger partial charge is 0.0338 e. The minimum atomic E-state index is 0.363. The number of hydrogen-bond donors (Lipinski definition) is 1. The minimum Gasteiger partial charge on any atom is -0.310 e. The second kappa shape index (κ2) is 7.75. The van der Waals surface area contributed by atoms with Gasteiger partial charge in [0.15, 0.2) is 0 Å². The van der Waals surface area contributed by atoms with Crippen LogP contribution < -0.4 is 5.32 Å². The second-order valence-electron chi connectivity index (χ2n) is 5.20. The molecule has 3 heteroatoms. The summed E-state index contributed by atoms with van der Waals surface area (Å²) in [5.74, 6) is 0. The lowest BCUT2D eigenvalue weighted by Gasteiger charge is -2.19. The zero-order valence-corrected chi connectivity index (χ0v) is 12.3. The van der Waals surface area contributed by atoms with Crippen molar-refractivity contribution in [3.8, 4) is 0 Å². The first-order valence-electron chi connectivity index (χ1n) is 7.33. The summed E-state index contributed by atoms with van der Waals surface area (Å²) < 4.78 is 0. The van der Waals surface area contributed by atoms with Crippen LogP contribution in [-0.2, 0) is 6.42 Å². The van der Waals surface area contributed by atoms with Crippen molar-refractivity contribution in [2.24, 2.45) is 0 Å². The fourth-order valence-corrected chi connectivity index (χ4v) is 2.33. The molecule has 20 heavy (non-hydrogen) atoms. The summed E-state index contributed by atoms with van der Waals surface area (Å²) >= 11 is 0. The number of nitrogens with one attached hydrogen (secondary N) is 1. The maximum absolute atomic E-state index is 4.32. The van der Waals surface area contributed by atoms with Gasteiger partial charge < -0.3 is 5.32 Å². The maximum Gasteiger partial charge on any atom is 0.0338 e. The Kier molecular flexibility index (Phi) is 5.69. The van der Waals surface area contributed by atoms with Crippen molar-refractivity contribution in [1.29, 1.82) is 0 Å². The van der Waals surface area contributed by atoms with E-state index in [1.807, 2.05) is 30.9 Å². The summed E-state index contributed by atoms with van der Waals surface area (Å²) in [4.78, 5) is 8.49. The van der Waals surface area contributed by atoms with Gasteiger partial charge in [0.05, 0.1) is 0 Å². The van der Waals surface area contributed by atoms with Crippen LogP contribution in [0.15, 0.2) is 43.0 Å².